The van der Waals surface area contributed by atoms with E-state index in [-0.39, 0.29) is 6.04 Å². The number of fused-ring (bicyclic) bond motifs is 1. The molecule has 2 heterocycles. The fraction of sp³-hybridized carbons (Fsp3) is 0.136. The van der Waals surface area contributed by atoms with Crippen LogP contribution in [0.25, 0.3) is 10.9 Å². The van der Waals surface area contributed by atoms with Gasteiger partial charge in [-0.25, -0.2) is 9.97 Å². The zero-order valence-corrected chi connectivity index (χ0v) is 16.0. The Morgan fingerprint density at radius 3 is 2.62 bits per heavy atom. The van der Waals surface area contributed by atoms with Crippen LogP contribution in [0.5, 0.6) is 11.5 Å². The summed E-state index contributed by atoms with van der Waals surface area (Å²) >= 11 is 0. The average Bonchev–Trinajstić information content (AvgIpc) is 3.17. The molecule has 4 rings (SSSR count). The van der Waals surface area contributed by atoms with E-state index >= 15 is 0 Å². The van der Waals surface area contributed by atoms with Gasteiger partial charge in [0.25, 0.3) is 0 Å². The van der Waals surface area contributed by atoms with Gasteiger partial charge in [0.05, 0.1) is 13.2 Å². The third-order valence-electron chi connectivity index (χ3n) is 4.55. The Morgan fingerprint density at radius 1 is 1.07 bits per heavy atom. The number of ether oxygens (including phenoxy) is 2. The molecule has 0 saturated heterocycles. The van der Waals surface area contributed by atoms with Gasteiger partial charge in [-0.3, -0.25) is 4.79 Å². The Balaban J connectivity index is 1.81. The highest BCUT2D eigenvalue weighted by Crippen LogP contribution is 2.36. The third-order valence-corrected chi connectivity index (χ3v) is 4.55. The molecule has 29 heavy (non-hydrogen) atoms. The van der Waals surface area contributed by atoms with Crippen molar-refractivity contribution in [2.24, 2.45) is 0 Å². The number of carbonyl (C=O) groups is 1. The second-order valence-electron chi connectivity index (χ2n) is 6.44. The zero-order valence-electron chi connectivity index (χ0n) is 16.0. The Hall–Kier alpha value is -3.87. The van der Waals surface area contributed by atoms with Gasteiger partial charge >= 0.3 is 5.97 Å². The van der Waals surface area contributed by atoms with Crippen LogP contribution in [0.2, 0.25) is 0 Å². The molecule has 0 aliphatic rings. The maximum absolute atomic E-state index is 11.4. The first-order valence-corrected chi connectivity index (χ1v) is 9.11. The maximum Gasteiger partial charge on any atom is 0.308 e. The number of anilines is 1. The number of para-hydroxylation sites is 1. The molecule has 2 aromatic carbocycles. The molecule has 7 nitrogen and oxygen atoms in total. The molecule has 0 radical (unpaired) electrons. The zero-order chi connectivity index (χ0) is 20.2. The van der Waals surface area contributed by atoms with E-state index < -0.39 is 5.97 Å². The van der Waals surface area contributed by atoms with Gasteiger partial charge < -0.3 is 19.8 Å². The number of nitrogens with one attached hydrogen (secondary N) is 2. The number of H-pyrrole nitrogens is 1. The highest BCUT2D eigenvalue weighted by Gasteiger charge is 2.21. The molecule has 0 fully saturated rings. The van der Waals surface area contributed by atoms with E-state index in [1.54, 1.807) is 31.6 Å². The summed E-state index contributed by atoms with van der Waals surface area (Å²) in [5.74, 6) is 0.946. The second-order valence-corrected chi connectivity index (χ2v) is 6.44. The van der Waals surface area contributed by atoms with Crippen molar-refractivity contribution in [3.8, 4) is 11.5 Å². The van der Waals surface area contributed by atoms with Crippen molar-refractivity contribution in [1.82, 2.24) is 15.0 Å². The van der Waals surface area contributed by atoms with Crippen molar-refractivity contribution in [1.29, 1.82) is 0 Å². The summed E-state index contributed by atoms with van der Waals surface area (Å²) in [4.78, 5) is 23.3. The summed E-state index contributed by atoms with van der Waals surface area (Å²) in [6.45, 7) is 1.36. The van der Waals surface area contributed by atoms with Crippen molar-refractivity contribution >= 4 is 22.8 Å². The Morgan fingerprint density at radius 2 is 1.86 bits per heavy atom. The molecular formula is C22H20N4O3. The first-order valence-electron chi connectivity index (χ1n) is 9.11. The van der Waals surface area contributed by atoms with E-state index in [2.05, 4.69) is 26.3 Å². The van der Waals surface area contributed by atoms with E-state index in [4.69, 9.17) is 9.47 Å². The lowest BCUT2D eigenvalue weighted by Gasteiger charge is -2.20. The number of aromatic amines is 1. The molecule has 0 saturated carbocycles. The predicted octanol–water partition coefficient (Wildman–Crippen LogP) is 4.09. The molecule has 0 aliphatic carbocycles. The number of nitrogens with zero attached hydrogens (tertiary/aromatic N) is 2. The van der Waals surface area contributed by atoms with Crippen molar-refractivity contribution in [2.75, 3.05) is 12.4 Å². The number of hydrogen-bond donors (Lipinski definition) is 2. The lowest BCUT2D eigenvalue weighted by molar-refractivity contribution is -0.132. The van der Waals surface area contributed by atoms with Gasteiger partial charge in [-0.2, -0.15) is 0 Å². The number of methoxy groups -OCH3 is 1. The minimum Gasteiger partial charge on any atom is -0.493 e. The molecule has 4 aromatic rings. The first kappa shape index (κ1) is 18.5. The van der Waals surface area contributed by atoms with Gasteiger partial charge in [0.1, 0.15) is 0 Å². The van der Waals surface area contributed by atoms with Gasteiger partial charge in [0.15, 0.2) is 11.5 Å². The van der Waals surface area contributed by atoms with Crippen LogP contribution in [0.3, 0.4) is 0 Å². The van der Waals surface area contributed by atoms with Crippen molar-refractivity contribution in [3.63, 3.8) is 0 Å². The van der Waals surface area contributed by atoms with Crippen LogP contribution in [-0.4, -0.2) is 28.0 Å². The molecule has 1 unspecified atom stereocenters. The van der Waals surface area contributed by atoms with E-state index in [0.717, 1.165) is 22.0 Å². The minimum absolute atomic E-state index is 0.256. The molecule has 0 spiro atoms. The standard InChI is InChI=1S/C22H20N4O3/c1-14(27)29-19-9-8-15(12-20(19)28-2)21(26-22-23-10-5-11-24-22)17-13-25-18-7-4-3-6-16(17)18/h3-13,21,25H,1-2H3,(H,23,24,26). The minimum atomic E-state index is -0.403. The van der Waals surface area contributed by atoms with Crippen LogP contribution in [0.15, 0.2) is 67.1 Å². The highest BCUT2D eigenvalue weighted by molar-refractivity contribution is 5.84. The monoisotopic (exact) mass is 388 g/mol. The summed E-state index contributed by atoms with van der Waals surface area (Å²) in [5, 5.41) is 4.48. The van der Waals surface area contributed by atoms with Gasteiger partial charge in [-0.1, -0.05) is 24.3 Å². The van der Waals surface area contributed by atoms with Crippen LogP contribution >= 0.6 is 0 Å². The number of aromatic nitrogens is 3. The molecular weight excluding hydrogens is 368 g/mol. The summed E-state index contributed by atoms with van der Waals surface area (Å²) in [7, 11) is 1.54. The van der Waals surface area contributed by atoms with Crippen molar-refractivity contribution in [2.45, 2.75) is 13.0 Å². The highest BCUT2D eigenvalue weighted by atomic mass is 16.6. The number of benzene rings is 2. The predicted molar refractivity (Wildman–Crippen MR) is 110 cm³/mol. The molecule has 7 heteroatoms. The number of esters is 1. The van der Waals surface area contributed by atoms with Crippen LogP contribution in [-0.2, 0) is 4.79 Å². The van der Waals surface area contributed by atoms with Crippen LogP contribution < -0.4 is 14.8 Å². The summed E-state index contributed by atoms with van der Waals surface area (Å²) in [5.41, 5.74) is 2.98. The molecule has 0 amide bonds. The van der Waals surface area contributed by atoms with Crippen LogP contribution in [0.4, 0.5) is 5.95 Å². The van der Waals surface area contributed by atoms with Gasteiger partial charge in [0.2, 0.25) is 5.95 Å². The van der Waals surface area contributed by atoms with Crippen molar-refractivity contribution in [3.05, 3.63) is 78.2 Å². The number of hydrogen-bond acceptors (Lipinski definition) is 6. The Kier molecular flexibility index (Phi) is 5.11. The lowest BCUT2D eigenvalue weighted by Crippen LogP contribution is -2.14. The second kappa shape index (κ2) is 8.02. The molecule has 2 N–H and O–H groups in total. The van der Waals surface area contributed by atoms with Gasteiger partial charge in [0, 0.05) is 42.0 Å². The summed E-state index contributed by atoms with van der Waals surface area (Å²) in [6, 6.07) is 15.1. The maximum atomic E-state index is 11.4. The first-order chi connectivity index (χ1) is 14.2. The number of carbonyl (C=O) groups excluding carboxylic acids is 1. The molecule has 0 bridgehead atoms. The number of rotatable bonds is 6. The van der Waals surface area contributed by atoms with Crippen molar-refractivity contribution < 1.29 is 14.3 Å². The smallest absolute Gasteiger partial charge is 0.308 e. The van der Waals surface area contributed by atoms with Crippen LogP contribution in [0, 0.1) is 0 Å². The van der Waals surface area contributed by atoms with E-state index in [0.29, 0.717) is 17.4 Å². The Bertz CT molecular complexity index is 1140. The fourth-order valence-electron chi connectivity index (χ4n) is 3.28. The van der Waals surface area contributed by atoms with Gasteiger partial charge in [-0.15, -0.1) is 0 Å². The summed E-state index contributed by atoms with van der Waals surface area (Å²) in [6.07, 6.45) is 5.34. The quantitative estimate of drug-likeness (QED) is 0.382. The topological polar surface area (TPSA) is 89.1 Å². The van der Waals surface area contributed by atoms with Gasteiger partial charge in [-0.05, 0) is 29.8 Å². The lowest BCUT2D eigenvalue weighted by atomic mass is 9.97. The van der Waals surface area contributed by atoms with Crippen LogP contribution in [0.1, 0.15) is 24.1 Å². The largest absolute Gasteiger partial charge is 0.493 e. The molecule has 1 atom stereocenters. The molecule has 146 valence electrons. The van der Waals surface area contributed by atoms with E-state index in [1.807, 2.05) is 36.5 Å². The summed E-state index contributed by atoms with van der Waals surface area (Å²) < 4.78 is 10.7. The normalized spacial score (nSPS) is 11.8. The molecule has 2 aromatic heterocycles. The Labute approximate surface area is 167 Å². The third kappa shape index (κ3) is 3.89. The SMILES string of the molecule is COc1cc(C(Nc2ncccn2)c2c[nH]c3ccccc23)ccc1OC(C)=O. The van der Waals surface area contributed by atoms with E-state index in [1.165, 1.54) is 6.92 Å². The molecule has 0 aliphatic heterocycles. The van der Waals surface area contributed by atoms with E-state index in [9.17, 15) is 4.79 Å². The fourth-order valence-corrected chi connectivity index (χ4v) is 3.28. The average molecular weight is 388 g/mol.